The summed E-state index contributed by atoms with van der Waals surface area (Å²) in [7, 11) is 1.95. The van der Waals surface area contributed by atoms with Crippen molar-refractivity contribution in [3.63, 3.8) is 0 Å². The number of aryl methyl sites for hydroxylation is 1. The average Bonchev–Trinajstić information content (AvgIpc) is 2.83. The molecule has 0 radical (unpaired) electrons. The maximum Gasteiger partial charge on any atom is 0.0537 e. The Bertz CT molecular complexity index is 502. The Morgan fingerprint density at radius 1 is 1.05 bits per heavy atom. The van der Waals surface area contributed by atoms with E-state index in [1.165, 1.54) is 11.1 Å². The van der Waals surface area contributed by atoms with Gasteiger partial charge in [-0.3, -0.25) is 4.68 Å². The molecule has 19 heavy (non-hydrogen) atoms. The number of nitrogens with zero attached hydrogens (tertiary/aromatic N) is 2. The number of hydrogen-bond donors (Lipinski definition) is 1. The van der Waals surface area contributed by atoms with Crippen molar-refractivity contribution in [3.8, 4) is 0 Å². The molecule has 2 atom stereocenters. The van der Waals surface area contributed by atoms with Crippen molar-refractivity contribution in [2.24, 2.45) is 13.0 Å². The van der Waals surface area contributed by atoms with Crippen LogP contribution in [0.5, 0.6) is 0 Å². The standard InChI is InChI=1S/C16H23N3/c1-12(2)16(14-8-6-5-7-9-14)18-13(3)15-10-17-19(4)11-15/h5-13,16,18H,1-4H3. The quantitative estimate of drug-likeness (QED) is 0.889. The van der Waals surface area contributed by atoms with Gasteiger partial charge in [-0.1, -0.05) is 44.2 Å². The minimum Gasteiger partial charge on any atom is -0.303 e. The lowest BCUT2D eigenvalue weighted by Gasteiger charge is -2.26. The van der Waals surface area contributed by atoms with Crippen LogP contribution in [-0.4, -0.2) is 9.78 Å². The van der Waals surface area contributed by atoms with Crippen molar-refractivity contribution in [2.45, 2.75) is 32.9 Å². The van der Waals surface area contributed by atoms with E-state index in [-0.39, 0.29) is 0 Å². The first-order chi connectivity index (χ1) is 9.08. The minimum atomic E-state index is 0.293. The fraction of sp³-hybridized carbons (Fsp3) is 0.438. The average molecular weight is 257 g/mol. The molecule has 2 rings (SSSR count). The van der Waals surface area contributed by atoms with Gasteiger partial charge in [-0.15, -0.1) is 0 Å². The molecular weight excluding hydrogens is 234 g/mol. The van der Waals surface area contributed by atoms with E-state index in [4.69, 9.17) is 0 Å². The summed E-state index contributed by atoms with van der Waals surface area (Å²) in [6, 6.07) is 11.3. The summed E-state index contributed by atoms with van der Waals surface area (Å²) < 4.78 is 1.85. The highest BCUT2D eigenvalue weighted by Crippen LogP contribution is 2.25. The van der Waals surface area contributed by atoms with Crippen LogP contribution in [0.3, 0.4) is 0 Å². The van der Waals surface area contributed by atoms with Gasteiger partial charge >= 0.3 is 0 Å². The largest absolute Gasteiger partial charge is 0.303 e. The second kappa shape index (κ2) is 6.02. The number of hydrogen-bond acceptors (Lipinski definition) is 2. The molecule has 0 spiro atoms. The molecule has 2 unspecified atom stereocenters. The monoisotopic (exact) mass is 257 g/mol. The molecule has 102 valence electrons. The van der Waals surface area contributed by atoms with Crippen LogP contribution in [0.1, 0.15) is 44.0 Å². The smallest absolute Gasteiger partial charge is 0.0537 e. The van der Waals surface area contributed by atoms with Crippen LogP contribution in [0.4, 0.5) is 0 Å². The number of rotatable bonds is 5. The molecule has 1 aromatic carbocycles. The highest BCUT2D eigenvalue weighted by Gasteiger charge is 2.19. The molecule has 0 saturated carbocycles. The maximum atomic E-state index is 4.24. The molecule has 3 heteroatoms. The van der Waals surface area contributed by atoms with Gasteiger partial charge in [0.05, 0.1) is 6.20 Å². The van der Waals surface area contributed by atoms with E-state index in [1.807, 2.05) is 17.9 Å². The Morgan fingerprint density at radius 2 is 1.74 bits per heavy atom. The van der Waals surface area contributed by atoms with E-state index in [0.717, 1.165) is 0 Å². The summed E-state index contributed by atoms with van der Waals surface area (Å²) >= 11 is 0. The number of aromatic nitrogens is 2. The molecular formula is C16H23N3. The summed E-state index contributed by atoms with van der Waals surface area (Å²) in [6.45, 7) is 6.69. The zero-order valence-corrected chi connectivity index (χ0v) is 12.2. The minimum absolute atomic E-state index is 0.293. The first kappa shape index (κ1) is 13.8. The van der Waals surface area contributed by atoms with Crippen LogP contribution in [0.15, 0.2) is 42.7 Å². The van der Waals surface area contributed by atoms with Crippen LogP contribution in [0, 0.1) is 5.92 Å². The maximum absolute atomic E-state index is 4.24. The first-order valence-electron chi connectivity index (χ1n) is 6.87. The summed E-state index contributed by atoms with van der Waals surface area (Å²) in [5, 5.41) is 7.95. The zero-order chi connectivity index (χ0) is 13.8. The normalized spacial score (nSPS) is 14.6. The van der Waals surface area contributed by atoms with Crippen molar-refractivity contribution in [1.29, 1.82) is 0 Å². The van der Waals surface area contributed by atoms with Gasteiger partial charge in [0.2, 0.25) is 0 Å². The zero-order valence-electron chi connectivity index (χ0n) is 12.2. The van der Waals surface area contributed by atoms with Gasteiger partial charge in [-0.2, -0.15) is 5.10 Å². The van der Waals surface area contributed by atoms with Crippen LogP contribution in [-0.2, 0) is 7.05 Å². The molecule has 3 nitrogen and oxygen atoms in total. The van der Waals surface area contributed by atoms with Gasteiger partial charge in [-0.05, 0) is 18.4 Å². The molecule has 0 amide bonds. The molecule has 1 heterocycles. The van der Waals surface area contributed by atoms with Crippen molar-refractivity contribution in [2.75, 3.05) is 0 Å². The number of benzene rings is 1. The van der Waals surface area contributed by atoms with Crippen LogP contribution < -0.4 is 5.32 Å². The number of nitrogens with one attached hydrogen (secondary N) is 1. The molecule has 0 aliphatic rings. The third-order valence-corrected chi connectivity index (χ3v) is 3.48. The lowest BCUT2D eigenvalue weighted by Crippen LogP contribution is -2.28. The van der Waals surface area contributed by atoms with Gasteiger partial charge in [0, 0.05) is 30.9 Å². The molecule has 1 N–H and O–H groups in total. The fourth-order valence-electron chi connectivity index (χ4n) is 2.36. The topological polar surface area (TPSA) is 29.9 Å². The summed E-state index contributed by atoms with van der Waals surface area (Å²) in [4.78, 5) is 0. The van der Waals surface area contributed by atoms with E-state index in [0.29, 0.717) is 18.0 Å². The van der Waals surface area contributed by atoms with Crippen LogP contribution in [0.25, 0.3) is 0 Å². The van der Waals surface area contributed by atoms with E-state index in [9.17, 15) is 0 Å². The first-order valence-corrected chi connectivity index (χ1v) is 6.87. The summed E-state index contributed by atoms with van der Waals surface area (Å²) in [6.07, 6.45) is 4.00. The molecule has 0 aliphatic carbocycles. The molecule has 0 aliphatic heterocycles. The molecule has 1 aromatic heterocycles. The van der Waals surface area contributed by atoms with E-state index < -0.39 is 0 Å². The van der Waals surface area contributed by atoms with Gasteiger partial charge in [0.15, 0.2) is 0 Å². The van der Waals surface area contributed by atoms with Crippen LogP contribution in [0.2, 0.25) is 0 Å². The Morgan fingerprint density at radius 3 is 2.26 bits per heavy atom. The lowest BCUT2D eigenvalue weighted by atomic mass is 9.95. The predicted molar refractivity (Wildman–Crippen MR) is 78.8 cm³/mol. The Hall–Kier alpha value is -1.61. The van der Waals surface area contributed by atoms with Gasteiger partial charge < -0.3 is 5.32 Å². The predicted octanol–water partition coefficient (Wildman–Crippen LogP) is 3.47. The molecule has 0 saturated heterocycles. The Balaban J connectivity index is 2.13. The van der Waals surface area contributed by atoms with Crippen molar-refractivity contribution < 1.29 is 0 Å². The lowest BCUT2D eigenvalue weighted by molar-refractivity contribution is 0.374. The van der Waals surface area contributed by atoms with E-state index in [1.54, 1.807) is 0 Å². The summed E-state index contributed by atoms with van der Waals surface area (Å²) in [5.41, 5.74) is 2.57. The van der Waals surface area contributed by atoms with Crippen molar-refractivity contribution in [1.82, 2.24) is 15.1 Å². The summed E-state index contributed by atoms with van der Waals surface area (Å²) in [5.74, 6) is 0.543. The second-order valence-corrected chi connectivity index (χ2v) is 5.47. The van der Waals surface area contributed by atoms with Gasteiger partial charge in [0.25, 0.3) is 0 Å². The van der Waals surface area contributed by atoms with Crippen molar-refractivity contribution >= 4 is 0 Å². The third-order valence-electron chi connectivity index (χ3n) is 3.48. The van der Waals surface area contributed by atoms with E-state index in [2.05, 4.69) is 67.7 Å². The fourth-order valence-corrected chi connectivity index (χ4v) is 2.36. The Kier molecular flexibility index (Phi) is 4.38. The third kappa shape index (κ3) is 3.44. The highest BCUT2D eigenvalue weighted by atomic mass is 15.2. The molecule has 2 aromatic rings. The Labute approximate surface area is 115 Å². The highest BCUT2D eigenvalue weighted by molar-refractivity contribution is 5.20. The molecule has 0 fully saturated rings. The van der Waals surface area contributed by atoms with Gasteiger partial charge in [0.1, 0.15) is 0 Å². The van der Waals surface area contributed by atoms with E-state index >= 15 is 0 Å². The SMILES string of the molecule is CC(NC(c1ccccc1)C(C)C)c1cnn(C)c1. The molecule has 0 bridgehead atoms. The van der Waals surface area contributed by atoms with Gasteiger partial charge in [-0.25, -0.2) is 0 Å². The van der Waals surface area contributed by atoms with Crippen molar-refractivity contribution in [3.05, 3.63) is 53.9 Å². The van der Waals surface area contributed by atoms with Crippen LogP contribution >= 0.6 is 0 Å². The second-order valence-electron chi connectivity index (χ2n) is 5.47.